The molecule has 2 heteroatoms. The van der Waals surface area contributed by atoms with Crippen LogP contribution in [0.5, 0.6) is 0 Å². The third kappa shape index (κ3) is 1.88. The molecule has 0 radical (unpaired) electrons. The van der Waals surface area contributed by atoms with Crippen LogP contribution in [-0.4, -0.2) is 5.38 Å². The third-order valence-corrected chi connectivity index (χ3v) is 2.64. The standard InChI is InChI=1S/C8H12ClN/c9-8(6-10)7-4-2-1-3-5-7/h7-8H,1-5H2. The van der Waals surface area contributed by atoms with E-state index in [1.165, 1.54) is 19.3 Å². The Morgan fingerprint density at radius 2 is 1.90 bits per heavy atom. The summed E-state index contributed by atoms with van der Waals surface area (Å²) in [6.45, 7) is 0. The van der Waals surface area contributed by atoms with Crippen LogP contribution in [0.3, 0.4) is 0 Å². The number of nitrogens with zero attached hydrogens (tertiary/aromatic N) is 1. The summed E-state index contributed by atoms with van der Waals surface area (Å²) in [5.41, 5.74) is 0. The molecule has 1 rings (SSSR count). The highest BCUT2D eigenvalue weighted by Crippen LogP contribution is 2.28. The van der Waals surface area contributed by atoms with Gasteiger partial charge in [0.2, 0.25) is 0 Å². The molecule has 0 spiro atoms. The molecule has 56 valence electrons. The molecule has 0 bridgehead atoms. The van der Waals surface area contributed by atoms with Gasteiger partial charge in [-0.3, -0.25) is 0 Å². The average molecular weight is 158 g/mol. The Kier molecular flexibility index (Phi) is 3.02. The predicted molar refractivity (Wildman–Crippen MR) is 41.8 cm³/mol. The fraction of sp³-hybridized carbons (Fsp3) is 0.875. The highest BCUT2D eigenvalue weighted by molar-refractivity contribution is 6.22. The van der Waals surface area contributed by atoms with Crippen molar-refractivity contribution in [3.05, 3.63) is 0 Å². The maximum Gasteiger partial charge on any atom is 0.123 e. The van der Waals surface area contributed by atoms with Gasteiger partial charge in [-0.25, -0.2) is 0 Å². The number of halogens is 1. The second-order valence-electron chi connectivity index (χ2n) is 2.93. The summed E-state index contributed by atoms with van der Waals surface area (Å²) < 4.78 is 0. The van der Waals surface area contributed by atoms with Crippen molar-refractivity contribution in [3.63, 3.8) is 0 Å². The van der Waals surface area contributed by atoms with Crippen LogP contribution in [-0.2, 0) is 0 Å². The number of rotatable bonds is 1. The van der Waals surface area contributed by atoms with Crippen LogP contribution in [0.15, 0.2) is 0 Å². The molecule has 0 heterocycles. The van der Waals surface area contributed by atoms with Crippen molar-refractivity contribution in [2.24, 2.45) is 5.92 Å². The van der Waals surface area contributed by atoms with Crippen molar-refractivity contribution >= 4 is 11.6 Å². The molecule has 1 aliphatic carbocycles. The first-order chi connectivity index (χ1) is 4.84. The van der Waals surface area contributed by atoms with Crippen LogP contribution in [0.25, 0.3) is 0 Å². The molecule has 1 unspecified atom stereocenters. The Labute approximate surface area is 67.0 Å². The molecule has 1 fully saturated rings. The first-order valence-corrected chi connectivity index (χ1v) is 4.32. The molecule has 0 N–H and O–H groups in total. The topological polar surface area (TPSA) is 23.8 Å². The van der Waals surface area contributed by atoms with Crippen molar-refractivity contribution in [1.82, 2.24) is 0 Å². The van der Waals surface area contributed by atoms with E-state index in [0.29, 0.717) is 5.92 Å². The van der Waals surface area contributed by atoms with Crippen LogP contribution in [0.1, 0.15) is 32.1 Å². The largest absolute Gasteiger partial charge is 0.197 e. The first kappa shape index (κ1) is 7.88. The SMILES string of the molecule is N#CC(Cl)C1CCCCC1. The Balaban J connectivity index is 2.33. The minimum Gasteiger partial charge on any atom is -0.197 e. The molecule has 0 aromatic carbocycles. The molecule has 0 saturated heterocycles. The van der Waals surface area contributed by atoms with Crippen LogP contribution in [0.2, 0.25) is 0 Å². The Morgan fingerprint density at radius 1 is 1.30 bits per heavy atom. The van der Waals surface area contributed by atoms with Crippen LogP contribution in [0.4, 0.5) is 0 Å². The summed E-state index contributed by atoms with van der Waals surface area (Å²) in [4.78, 5) is 0. The van der Waals surface area contributed by atoms with E-state index in [1.807, 2.05) is 0 Å². The van der Waals surface area contributed by atoms with Gasteiger partial charge < -0.3 is 0 Å². The second-order valence-corrected chi connectivity index (χ2v) is 3.40. The minimum absolute atomic E-state index is 0.236. The highest BCUT2D eigenvalue weighted by atomic mass is 35.5. The quantitative estimate of drug-likeness (QED) is 0.537. The van der Waals surface area contributed by atoms with Crippen molar-refractivity contribution in [1.29, 1.82) is 5.26 Å². The Hall–Kier alpha value is -0.220. The number of hydrogen-bond acceptors (Lipinski definition) is 1. The molecule has 10 heavy (non-hydrogen) atoms. The summed E-state index contributed by atoms with van der Waals surface area (Å²) in [7, 11) is 0. The van der Waals surface area contributed by atoms with Gasteiger partial charge in [0.05, 0.1) is 6.07 Å². The highest BCUT2D eigenvalue weighted by Gasteiger charge is 2.20. The average Bonchev–Trinajstić information content (AvgIpc) is 2.05. The van der Waals surface area contributed by atoms with Crippen LogP contribution < -0.4 is 0 Å². The monoisotopic (exact) mass is 157 g/mol. The van der Waals surface area contributed by atoms with Gasteiger partial charge in [-0.1, -0.05) is 19.3 Å². The lowest BCUT2D eigenvalue weighted by Gasteiger charge is -2.21. The third-order valence-electron chi connectivity index (χ3n) is 2.19. The van der Waals surface area contributed by atoms with Crippen molar-refractivity contribution in [2.45, 2.75) is 37.5 Å². The molecule has 0 aromatic heterocycles. The van der Waals surface area contributed by atoms with E-state index in [4.69, 9.17) is 16.9 Å². The maximum atomic E-state index is 8.51. The molecule has 0 aliphatic heterocycles. The van der Waals surface area contributed by atoms with Crippen molar-refractivity contribution in [2.75, 3.05) is 0 Å². The Bertz CT molecular complexity index is 133. The molecular formula is C8H12ClN. The van der Waals surface area contributed by atoms with E-state index < -0.39 is 0 Å². The molecule has 1 atom stereocenters. The fourth-order valence-electron chi connectivity index (χ4n) is 1.53. The van der Waals surface area contributed by atoms with Crippen LogP contribution in [0, 0.1) is 17.2 Å². The van der Waals surface area contributed by atoms with E-state index in [1.54, 1.807) is 0 Å². The van der Waals surface area contributed by atoms with Gasteiger partial charge in [-0.15, -0.1) is 11.6 Å². The summed E-state index contributed by atoms with van der Waals surface area (Å²) in [6.07, 6.45) is 6.15. The smallest absolute Gasteiger partial charge is 0.123 e. The van der Waals surface area contributed by atoms with E-state index >= 15 is 0 Å². The lowest BCUT2D eigenvalue weighted by atomic mass is 9.87. The summed E-state index contributed by atoms with van der Waals surface area (Å²) in [6, 6.07) is 2.10. The summed E-state index contributed by atoms with van der Waals surface area (Å²) in [5.74, 6) is 0.473. The molecule has 0 aromatic rings. The first-order valence-electron chi connectivity index (χ1n) is 3.88. The van der Waals surface area contributed by atoms with E-state index in [9.17, 15) is 0 Å². The lowest BCUT2D eigenvalue weighted by Crippen LogP contribution is -2.16. The second kappa shape index (κ2) is 3.83. The number of nitriles is 1. The maximum absolute atomic E-state index is 8.51. The summed E-state index contributed by atoms with van der Waals surface area (Å²) >= 11 is 5.78. The van der Waals surface area contributed by atoms with Gasteiger partial charge in [0.25, 0.3) is 0 Å². The van der Waals surface area contributed by atoms with Crippen molar-refractivity contribution < 1.29 is 0 Å². The lowest BCUT2D eigenvalue weighted by molar-refractivity contribution is 0.367. The van der Waals surface area contributed by atoms with Gasteiger partial charge in [0, 0.05) is 0 Å². The number of hydrogen-bond donors (Lipinski definition) is 0. The molecule has 0 amide bonds. The van der Waals surface area contributed by atoms with Crippen LogP contribution >= 0.6 is 11.6 Å². The molecule has 1 aliphatic rings. The predicted octanol–water partition coefficient (Wildman–Crippen LogP) is 2.70. The van der Waals surface area contributed by atoms with E-state index in [0.717, 1.165) is 12.8 Å². The Morgan fingerprint density at radius 3 is 2.40 bits per heavy atom. The summed E-state index contributed by atoms with van der Waals surface area (Å²) in [5, 5.41) is 8.27. The van der Waals surface area contributed by atoms with Gasteiger partial charge >= 0.3 is 0 Å². The zero-order valence-corrected chi connectivity index (χ0v) is 6.77. The van der Waals surface area contributed by atoms with Gasteiger partial charge in [0.1, 0.15) is 5.38 Å². The van der Waals surface area contributed by atoms with Gasteiger partial charge in [-0.05, 0) is 18.8 Å². The van der Waals surface area contributed by atoms with Gasteiger partial charge in [-0.2, -0.15) is 5.26 Å². The minimum atomic E-state index is -0.236. The molecular weight excluding hydrogens is 146 g/mol. The fourth-order valence-corrected chi connectivity index (χ4v) is 1.78. The van der Waals surface area contributed by atoms with Crippen molar-refractivity contribution in [3.8, 4) is 6.07 Å². The normalized spacial score (nSPS) is 23.6. The van der Waals surface area contributed by atoms with E-state index in [-0.39, 0.29) is 5.38 Å². The number of alkyl halides is 1. The van der Waals surface area contributed by atoms with Gasteiger partial charge in [0.15, 0.2) is 0 Å². The van der Waals surface area contributed by atoms with E-state index in [2.05, 4.69) is 6.07 Å². The zero-order chi connectivity index (χ0) is 7.40. The molecule has 1 nitrogen and oxygen atoms in total. The zero-order valence-electron chi connectivity index (χ0n) is 6.02. The molecule has 1 saturated carbocycles.